The van der Waals surface area contributed by atoms with Crippen molar-refractivity contribution in [2.45, 2.75) is 51.2 Å². The highest BCUT2D eigenvalue weighted by Crippen LogP contribution is 2.29. The number of aliphatic hydroxyl groups is 1. The first-order chi connectivity index (χ1) is 7.77. The van der Waals surface area contributed by atoms with E-state index in [1.165, 1.54) is 19.3 Å². The third-order valence-corrected chi connectivity index (χ3v) is 3.21. The van der Waals surface area contributed by atoms with Crippen LogP contribution in [0.2, 0.25) is 0 Å². The van der Waals surface area contributed by atoms with E-state index in [1.807, 2.05) is 24.3 Å². The highest BCUT2D eigenvalue weighted by molar-refractivity contribution is 5.34. The maximum Gasteiger partial charge on any atom is 0.125 e. The van der Waals surface area contributed by atoms with Crippen LogP contribution in [0.3, 0.4) is 0 Å². The molecule has 1 fully saturated rings. The molecule has 1 aliphatic rings. The van der Waals surface area contributed by atoms with Crippen LogP contribution in [-0.4, -0.2) is 11.2 Å². The average molecular weight is 220 g/mol. The van der Waals surface area contributed by atoms with E-state index in [1.54, 1.807) is 6.92 Å². The largest absolute Gasteiger partial charge is 0.490 e. The summed E-state index contributed by atoms with van der Waals surface area (Å²) < 4.78 is 5.99. The third kappa shape index (κ3) is 2.76. The van der Waals surface area contributed by atoms with Gasteiger partial charge < -0.3 is 9.84 Å². The van der Waals surface area contributed by atoms with Crippen molar-refractivity contribution in [3.63, 3.8) is 0 Å². The van der Waals surface area contributed by atoms with Gasteiger partial charge in [-0.3, -0.25) is 0 Å². The van der Waals surface area contributed by atoms with Gasteiger partial charge >= 0.3 is 0 Å². The SMILES string of the molecule is C[C@@H](O)c1ccccc1OC1CCCCC1. The van der Waals surface area contributed by atoms with Crippen LogP contribution in [0.5, 0.6) is 5.75 Å². The molecular formula is C14H20O2. The molecule has 0 heterocycles. The van der Waals surface area contributed by atoms with E-state index in [9.17, 15) is 5.11 Å². The zero-order chi connectivity index (χ0) is 11.4. The van der Waals surface area contributed by atoms with Gasteiger partial charge in [-0.25, -0.2) is 0 Å². The minimum absolute atomic E-state index is 0.341. The summed E-state index contributed by atoms with van der Waals surface area (Å²) in [6.07, 6.45) is 6.04. The van der Waals surface area contributed by atoms with E-state index in [0.29, 0.717) is 6.10 Å². The Morgan fingerprint density at radius 1 is 1.19 bits per heavy atom. The highest BCUT2D eigenvalue weighted by atomic mass is 16.5. The van der Waals surface area contributed by atoms with Crippen molar-refractivity contribution in [2.24, 2.45) is 0 Å². The molecule has 88 valence electrons. The van der Waals surface area contributed by atoms with Gasteiger partial charge in [-0.15, -0.1) is 0 Å². The summed E-state index contributed by atoms with van der Waals surface area (Å²) in [5.41, 5.74) is 0.896. The van der Waals surface area contributed by atoms with E-state index in [2.05, 4.69) is 0 Å². The quantitative estimate of drug-likeness (QED) is 0.845. The molecule has 1 atom stereocenters. The molecular weight excluding hydrogens is 200 g/mol. The summed E-state index contributed by atoms with van der Waals surface area (Å²) in [5, 5.41) is 9.65. The van der Waals surface area contributed by atoms with Crippen LogP contribution < -0.4 is 4.74 Å². The fraction of sp³-hybridized carbons (Fsp3) is 0.571. The number of hydrogen-bond donors (Lipinski definition) is 1. The molecule has 1 saturated carbocycles. The van der Waals surface area contributed by atoms with Gasteiger partial charge in [-0.1, -0.05) is 24.6 Å². The van der Waals surface area contributed by atoms with Crippen molar-refractivity contribution in [1.29, 1.82) is 0 Å². The van der Waals surface area contributed by atoms with Gasteiger partial charge in [0.1, 0.15) is 5.75 Å². The maximum atomic E-state index is 9.65. The van der Waals surface area contributed by atoms with Gasteiger partial charge in [-0.05, 0) is 38.7 Å². The van der Waals surface area contributed by atoms with E-state index >= 15 is 0 Å². The summed E-state index contributed by atoms with van der Waals surface area (Å²) in [6.45, 7) is 1.78. The second-order valence-electron chi connectivity index (χ2n) is 4.59. The molecule has 0 amide bonds. The lowest BCUT2D eigenvalue weighted by atomic mass is 9.97. The molecule has 0 bridgehead atoms. The molecule has 0 aliphatic heterocycles. The molecule has 1 N–H and O–H groups in total. The Hall–Kier alpha value is -1.02. The van der Waals surface area contributed by atoms with Crippen molar-refractivity contribution in [2.75, 3.05) is 0 Å². The lowest BCUT2D eigenvalue weighted by Crippen LogP contribution is -2.20. The van der Waals surface area contributed by atoms with E-state index in [4.69, 9.17) is 4.74 Å². The fourth-order valence-electron chi connectivity index (χ4n) is 2.30. The van der Waals surface area contributed by atoms with Crippen molar-refractivity contribution in [3.05, 3.63) is 29.8 Å². The van der Waals surface area contributed by atoms with E-state index in [0.717, 1.165) is 24.2 Å². The minimum atomic E-state index is -0.459. The molecule has 0 saturated heterocycles. The Kier molecular flexibility index (Phi) is 3.83. The summed E-state index contributed by atoms with van der Waals surface area (Å²) in [4.78, 5) is 0. The van der Waals surface area contributed by atoms with Gasteiger partial charge in [0.25, 0.3) is 0 Å². The zero-order valence-electron chi connectivity index (χ0n) is 9.86. The van der Waals surface area contributed by atoms with Crippen LogP contribution in [0.1, 0.15) is 50.7 Å². The Morgan fingerprint density at radius 3 is 2.56 bits per heavy atom. The Labute approximate surface area is 97.3 Å². The highest BCUT2D eigenvalue weighted by Gasteiger charge is 2.17. The van der Waals surface area contributed by atoms with Crippen molar-refractivity contribution in [1.82, 2.24) is 0 Å². The molecule has 0 radical (unpaired) electrons. The first-order valence-corrected chi connectivity index (χ1v) is 6.21. The molecule has 1 aromatic carbocycles. The average Bonchev–Trinajstić information content (AvgIpc) is 2.31. The van der Waals surface area contributed by atoms with Crippen LogP contribution in [0.4, 0.5) is 0 Å². The molecule has 2 nitrogen and oxygen atoms in total. The van der Waals surface area contributed by atoms with Crippen LogP contribution in [0.25, 0.3) is 0 Å². The number of para-hydroxylation sites is 1. The molecule has 0 unspecified atom stereocenters. The zero-order valence-corrected chi connectivity index (χ0v) is 9.86. The molecule has 2 rings (SSSR count). The maximum absolute atomic E-state index is 9.65. The molecule has 16 heavy (non-hydrogen) atoms. The summed E-state index contributed by atoms with van der Waals surface area (Å²) in [6, 6.07) is 7.79. The topological polar surface area (TPSA) is 29.5 Å². The minimum Gasteiger partial charge on any atom is -0.490 e. The molecule has 1 aromatic rings. The summed E-state index contributed by atoms with van der Waals surface area (Å²) in [7, 11) is 0. The fourth-order valence-corrected chi connectivity index (χ4v) is 2.30. The number of benzene rings is 1. The van der Waals surface area contributed by atoms with Crippen LogP contribution in [0.15, 0.2) is 24.3 Å². The van der Waals surface area contributed by atoms with Gasteiger partial charge in [0.15, 0.2) is 0 Å². The van der Waals surface area contributed by atoms with Crippen LogP contribution >= 0.6 is 0 Å². The lowest BCUT2D eigenvalue weighted by molar-refractivity contribution is 0.142. The van der Waals surface area contributed by atoms with E-state index in [-0.39, 0.29) is 0 Å². The van der Waals surface area contributed by atoms with Crippen molar-refractivity contribution >= 4 is 0 Å². The Balaban J connectivity index is 2.07. The molecule has 2 heteroatoms. The van der Waals surface area contributed by atoms with Crippen LogP contribution in [-0.2, 0) is 0 Å². The second-order valence-corrected chi connectivity index (χ2v) is 4.59. The predicted octanol–water partition coefficient (Wildman–Crippen LogP) is 3.45. The van der Waals surface area contributed by atoms with Gasteiger partial charge in [0.2, 0.25) is 0 Å². The Bertz CT molecular complexity index is 327. The van der Waals surface area contributed by atoms with E-state index < -0.39 is 6.10 Å². The molecule has 0 spiro atoms. The summed E-state index contributed by atoms with van der Waals surface area (Å²) in [5.74, 6) is 0.851. The number of rotatable bonds is 3. The standard InChI is InChI=1S/C14H20O2/c1-11(15)13-9-5-6-10-14(13)16-12-7-3-2-4-8-12/h5-6,9-12,15H,2-4,7-8H2,1H3/t11-/m1/s1. The predicted molar refractivity (Wildman–Crippen MR) is 64.6 cm³/mol. The normalized spacial score (nSPS) is 19.4. The first-order valence-electron chi connectivity index (χ1n) is 6.21. The first kappa shape index (κ1) is 11.5. The molecule has 0 aromatic heterocycles. The number of aliphatic hydroxyl groups excluding tert-OH is 1. The van der Waals surface area contributed by atoms with Crippen molar-refractivity contribution in [3.8, 4) is 5.75 Å². The Morgan fingerprint density at radius 2 is 1.88 bits per heavy atom. The van der Waals surface area contributed by atoms with Crippen LogP contribution in [0, 0.1) is 0 Å². The second kappa shape index (κ2) is 5.35. The van der Waals surface area contributed by atoms with Gasteiger partial charge in [-0.2, -0.15) is 0 Å². The summed E-state index contributed by atoms with van der Waals surface area (Å²) >= 11 is 0. The van der Waals surface area contributed by atoms with Gasteiger partial charge in [0, 0.05) is 5.56 Å². The lowest BCUT2D eigenvalue weighted by Gasteiger charge is -2.24. The monoisotopic (exact) mass is 220 g/mol. The number of ether oxygens (including phenoxy) is 1. The smallest absolute Gasteiger partial charge is 0.125 e. The van der Waals surface area contributed by atoms with Crippen molar-refractivity contribution < 1.29 is 9.84 Å². The number of hydrogen-bond acceptors (Lipinski definition) is 2. The molecule has 1 aliphatic carbocycles. The third-order valence-electron chi connectivity index (χ3n) is 3.21. The van der Waals surface area contributed by atoms with Gasteiger partial charge in [0.05, 0.1) is 12.2 Å².